The first kappa shape index (κ1) is 12.2. The minimum absolute atomic E-state index is 0.150. The summed E-state index contributed by atoms with van der Waals surface area (Å²) in [6.45, 7) is 0. The van der Waals surface area contributed by atoms with E-state index in [0.29, 0.717) is 14.8 Å². The molecular weight excluding hydrogens is 278 g/mol. The Kier molecular flexibility index (Phi) is 3.00. The summed E-state index contributed by atoms with van der Waals surface area (Å²) in [5, 5.41) is 14.5. The third-order valence-corrected chi connectivity index (χ3v) is 4.03. The van der Waals surface area contributed by atoms with E-state index in [1.165, 1.54) is 11.8 Å². The van der Waals surface area contributed by atoms with Gasteiger partial charge in [0.05, 0.1) is 4.91 Å². The van der Waals surface area contributed by atoms with Crippen molar-refractivity contribution in [1.82, 2.24) is 5.32 Å². The SMILES string of the molecule is O=C1NC(=S)S/C1=C\c1c(O)ccc2ccccc12. The highest BCUT2D eigenvalue weighted by molar-refractivity contribution is 8.26. The van der Waals surface area contributed by atoms with Crippen molar-refractivity contribution in [3.8, 4) is 5.75 Å². The van der Waals surface area contributed by atoms with Crippen molar-refractivity contribution < 1.29 is 9.90 Å². The second kappa shape index (κ2) is 4.68. The maximum atomic E-state index is 11.7. The molecule has 1 fully saturated rings. The molecule has 0 radical (unpaired) electrons. The van der Waals surface area contributed by atoms with Gasteiger partial charge < -0.3 is 10.4 Å². The standard InChI is InChI=1S/C14H9NO2S2/c16-11-6-5-8-3-1-2-4-9(8)10(11)7-12-13(17)15-14(18)19-12/h1-7,16H,(H,15,17,18)/b12-7-. The Morgan fingerprint density at radius 1 is 1.21 bits per heavy atom. The van der Waals surface area contributed by atoms with E-state index in [-0.39, 0.29) is 11.7 Å². The molecule has 0 aromatic heterocycles. The van der Waals surface area contributed by atoms with E-state index in [1.807, 2.05) is 30.3 Å². The van der Waals surface area contributed by atoms with Crippen molar-refractivity contribution in [2.24, 2.45) is 0 Å². The van der Waals surface area contributed by atoms with Gasteiger partial charge in [-0.05, 0) is 22.9 Å². The molecule has 1 aliphatic heterocycles. The molecule has 0 bridgehead atoms. The molecule has 0 atom stereocenters. The van der Waals surface area contributed by atoms with Gasteiger partial charge in [0, 0.05) is 5.56 Å². The van der Waals surface area contributed by atoms with Crippen LogP contribution in [0, 0.1) is 0 Å². The average Bonchev–Trinajstić information content (AvgIpc) is 2.71. The van der Waals surface area contributed by atoms with E-state index in [0.717, 1.165) is 10.8 Å². The summed E-state index contributed by atoms with van der Waals surface area (Å²) in [5.41, 5.74) is 0.639. The van der Waals surface area contributed by atoms with Crippen LogP contribution in [0.25, 0.3) is 16.8 Å². The van der Waals surface area contributed by atoms with Crippen LogP contribution in [-0.4, -0.2) is 15.3 Å². The molecule has 3 nitrogen and oxygen atoms in total. The lowest BCUT2D eigenvalue weighted by Crippen LogP contribution is -2.17. The molecule has 5 heteroatoms. The Morgan fingerprint density at radius 2 is 2.00 bits per heavy atom. The summed E-state index contributed by atoms with van der Waals surface area (Å²) < 4.78 is 0.441. The van der Waals surface area contributed by atoms with Crippen LogP contribution in [0.15, 0.2) is 41.3 Å². The van der Waals surface area contributed by atoms with Gasteiger partial charge in [0.2, 0.25) is 0 Å². The number of nitrogens with one attached hydrogen (secondary N) is 1. The summed E-state index contributed by atoms with van der Waals surface area (Å²) in [5.74, 6) is -0.0697. The highest BCUT2D eigenvalue weighted by atomic mass is 32.2. The van der Waals surface area contributed by atoms with E-state index in [4.69, 9.17) is 12.2 Å². The minimum atomic E-state index is -0.220. The first-order valence-corrected chi connectivity index (χ1v) is 6.83. The number of phenolic OH excluding ortho intramolecular Hbond substituents is 1. The zero-order chi connectivity index (χ0) is 13.4. The van der Waals surface area contributed by atoms with E-state index >= 15 is 0 Å². The first-order chi connectivity index (χ1) is 9.15. The van der Waals surface area contributed by atoms with Gasteiger partial charge in [0.1, 0.15) is 10.1 Å². The van der Waals surface area contributed by atoms with Gasteiger partial charge >= 0.3 is 0 Å². The normalized spacial score (nSPS) is 17.2. The fourth-order valence-electron chi connectivity index (χ4n) is 1.99. The Morgan fingerprint density at radius 3 is 2.74 bits per heavy atom. The molecule has 0 unspecified atom stereocenters. The predicted molar refractivity (Wildman–Crippen MR) is 81.9 cm³/mol. The van der Waals surface area contributed by atoms with Crippen molar-refractivity contribution in [1.29, 1.82) is 0 Å². The van der Waals surface area contributed by atoms with Crippen LogP contribution in [0.1, 0.15) is 5.56 Å². The summed E-state index contributed by atoms with van der Waals surface area (Å²) in [7, 11) is 0. The van der Waals surface area contributed by atoms with E-state index in [2.05, 4.69) is 5.32 Å². The van der Waals surface area contributed by atoms with Crippen molar-refractivity contribution in [3.63, 3.8) is 0 Å². The lowest BCUT2D eigenvalue weighted by atomic mass is 10.0. The Hall–Kier alpha value is -1.85. The van der Waals surface area contributed by atoms with E-state index < -0.39 is 0 Å². The van der Waals surface area contributed by atoms with Crippen LogP contribution in [0.2, 0.25) is 0 Å². The number of benzene rings is 2. The van der Waals surface area contributed by atoms with Crippen LogP contribution in [-0.2, 0) is 4.79 Å². The molecule has 2 aromatic carbocycles. The second-order valence-electron chi connectivity index (χ2n) is 4.07. The van der Waals surface area contributed by atoms with Crippen LogP contribution in [0.3, 0.4) is 0 Å². The lowest BCUT2D eigenvalue weighted by molar-refractivity contribution is -0.115. The number of thioether (sulfide) groups is 1. The molecule has 1 heterocycles. The van der Waals surface area contributed by atoms with Gasteiger partial charge in [0.25, 0.3) is 5.91 Å². The first-order valence-electron chi connectivity index (χ1n) is 5.61. The van der Waals surface area contributed by atoms with Crippen LogP contribution >= 0.6 is 24.0 Å². The van der Waals surface area contributed by atoms with Gasteiger partial charge in [-0.2, -0.15) is 0 Å². The molecule has 2 aromatic rings. The van der Waals surface area contributed by atoms with E-state index in [9.17, 15) is 9.90 Å². The number of carbonyl (C=O) groups is 1. The van der Waals surface area contributed by atoms with Gasteiger partial charge in [0.15, 0.2) is 0 Å². The fraction of sp³-hybridized carbons (Fsp3) is 0. The number of carbonyl (C=O) groups excluding carboxylic acids is 1. The summed E-state index contributed by atoms with van der Waals surface area (Å²) in [6, 6.07) is 11.2. The number of phenols is 1. The average molecular weight is 287 g/mol. The largest absolute Gasteiger partial charge is 0.507 e. The quantitative estimate of drug-likeness (QED) is 0.625. The highest BCUT2D eigenvalue weighted by Crippen LogP contribution is 2.33. The van der Waals surface area contributed by atoms with E-state index in [1.54, 1.807) is 12.1 Å². The number of fused-ring (bicyclic) bond motifs is 1. The van der Waals surface area contributed by atoms with Crippen molar-refractivity contribution in [3.05, 3.63) is 46.9 Å². The zero-order valence-corrected chi connectivity index (χ0v) is 11.3. The van der Waals surface area contributed by atoms with Crippen LogP contribution < -0.4 is 5.32 Å². The molecular formula is C14H9NO2S2. The van der Waals surface area contributed by atoms with Gasteiger partial charge in [-0.25, -0.2) is 0 Å². The maximum absolute atomic E-state index is 11.7. The zero-order valence-electron chi connectivity index (χ0n) is 9.71. The van der Waals surface area contributed by atoms with Gasteiger partial charge in [-0.15, -0.1) is 0 Å². The number of hydrogen-bond donors (Lipinski definition) is 2. The molecule has 0 saturated carbocycles. The Bertz CT molecular complexity index is 737. The number of hydrogen-bond acceptors (Lipinski definition) is 4. The van der Waals surface area contributed by atoms with Gasteiger partial charge in [-0.1, -0.05) is 54.3 Å². The number of thiocarbonyl (C=S) groups is 1. The third-order valence-electron chi connectivity index (χ3n) is 2.87. The molecule has 94 valence electrons. The molecule has 3 rings (SSSR count). The molecule has 0 aliphatic carbocycles. The van der Waals surface area contributed by atoms with Crippen molar-refractivity contribution in [2.75, 3.05) is 0 Å². The molecule has 0 spiro atoms. The predicted octanol–water partition coefficient (Wildman–Crippen LogP) is 3.03. The van der Waals surface area contributed by atoms with Crippen molar-refractivity contribution in [2.45, 2.75) is 0 Å². The molecule has 1 saturated heterocycles. The summed E-state index contributed by atoms with van der Waals surface area (Å²) >= 11 is 6.15. The molecule has 19 heavy (non-hydrogen) atoms. The van der Waals surface area contributed by atoms with Crippen LogP contribution in [0.4, 0.5) is 0 Å². The monoisotopic (exact) mass is 287 g/mol. The smallest absolute Gasteiger partial charge is 0.263 e. The third kappa shape index (κ3) is 2.22. The number of rotatable bonds is 1. The molecule has 1 amide bonds. The fourth-order valence-corrected chi connectivity index (χ4v) is 3.01. The van der Waals surface area contributed by atoms with Gasteiger partial charge in [-0.3, -0.25) is 4.79 Å². The van der Waals surface area contributed by atoms with Crippen LogP contribution in [0.5, 0.6) is 5.75 Å². The number of amides is 1. The molecule has 2 N–H and O–H groups in total. The maximum Gasteiger partial charge on any atom is 0.263 e. The van der Waals surface area contributed by atoms with Crippen molar-refractivity contribution >= 4 is 51.1 Å². The summed E-state index contributed by atoms with van der Waals surface area (Å²) in [4.78, 5) is 12.2. The Labute approximate surface area is 119 Å². The second-order valence-corrected chi connectivity index (χ2v) is 5.79. The summed E-state index contributed by atoms with van der Waals surface area (Å²) in [6.07, 6.45) is 1.68. The topological polar surface area (TPSA) is 49.3 Å². The Balaban J connectivity index is 2.20. The minimum Gasteiger partial charge on any atom is -0.507 e. The number of aromatic hydroxyl groups is 1. The lowest BCUT2D eigenvalue weighted by Gasteiger charge is -2.05. The molecule has 1 aliphatic rings. The highest BCUT2D eigenvalue weighted by Gasteiger charge is 2.22.